The average molecular weight is 249 g/mol. The van der Waals surface area contributed by atoms with E-state index in [-0.39, 0.29) is 12.1 Å². The monoisotopic (exact) mass is 249 g/mol. The largest absolute Gasteiger partial charge is 0.457 e. The van der Waals surface area contributed by atoms with Crippen LogP contribution in [0.4, 0.5) is 5.69 Å². The molecule has 1 aliphatic rings. The lowest BCUT2D eigenvalue weighted by Crippen LogP contribution is -2.22. The van der Waals surface area contributed by atoms with Crippen LogP contribution in [0.3, 0.4) is 0 Å². The highest BCUT2D eigenvalue weighted by Crippen LogP contribution is 2.26. The lowest BCUT2D eigenvalue weighted by molar-refractivity contribution is 0.0119. The van der Waals surface area contributed by atoms with Gasteiger partial charge in [0.15, 0.2) is 0 Å². The highest BCUT2D eigenvalue weighted by molar-refractivity contribution is 5.93. The van der Waals surface area contributed by atoms with Crippen molar-refractivity contribution in [3.8, 4) is 0 Å². The van der Waals surface area contributed by atoms with Crippen molar-refractivity contribution >= 4 is 11.7 Å². The topological polar surface area (TPSA) is 47.6 Å². The molecule has 0 saturated carbocycles. The van der Waals surface area contributed by atoms with Gasteiger partial charge in [0.05, 0.1) is 12.2 Å². The van der Waals surface area contributed by atoms with Gasteiger partial charge in [-0.2, -0.15) is 0 Å². The fraction of sp³-hybridized carbons (Fsp3) is 0.500. The second kappa shape index (κ2) is 5.87. The molecule has 0 radical (unpaired) electrons. The maximum absolute atomic E-state index is 12.1. The first-order valence-electron chi connectivity index (χ1n) is 6.28. The summed E-state index contributed by atoms with van der Waals surface area (Å²) in [4.78, 5) is 12.1. The number of anilines is 1. The fourth-order valence-electron chi connectivity index (χ4n) is 2.22. The van der Waals surface area contributed by atoms with Crippen molar-refractivity contribution < 1.29 is 14.3 Å². The van der Waals surface area contributed by atoms with E-state index in [9.17, 15) is 4.79 Å². The van der Waals surface area contributed by atoms with Crippen LogP contribution in [0, 0.1) is 0 Å². The average Bonchev–Trinajstić information content (AvgIpc) is 2.38. The molecular weight excluding hydrogens is 230 g/mol. The number of hydrogen-bond acceptors (Lipinski definition) is 4. The summed E-state index contributed by atoms with van der Waals surface area (Å²) in [5.74, 6) is -0.264. The zero-order valence-corrected chi connectivity index (χ0v) is 10.9. The fourth-order valence-corrected chi connectivity index (χ4v) is 2.22. The molecule has 1 atom stereocenters. The number of carbonyl (C=O) groups excluding carboxylic acids is 1. The third-order valence-corrected chi connectivity index (χ3v) is 3.02. The van der Waals surface area contributed by atoms with Gasteiger partial charge in [0.1, 0.15) is 6.10 Å². The van der Waals surface area contributed by atoms with Gasteiger partial charge in [0.25, 0.3) is 0 Å². The summed E-state index contributed by atoms with van der Waals surface area (Å²) in [7, 11) is 1.60. The molecule has 0 saturated heterocycles. The lowest BCUT2D eigenvalue weighted by atomic mass is 9.98. The first kappa shape index (κ1) is 12.9. The first-order chi connectivity index (χ1) is 8.72. The van der Waals surface area contributed by atoms with E-state index in [2.05, 4.69) is 5.32 Å². The molecule has 0 fully saturated rings. The normalized spacial score (nSPS) is 15.4. The van der Waals surface area contributed by atoms with E-state index in [0.29, 0.717) is 12.2 Å². The van der Waals surface area contributed by atoms with Crippen molar-refractivity contribution in [2.75, 3.05) is 25.6 Å². The summed E-state index contributed by atoms with van der Waals surface area (Å²) in [6.45, 7) is 3.21. The Bertz CT molecular complexity index is 431. The van der Waals surface area contributed by atoms with Crippen molar-refractivity contribution in [2.24, 2.45) is 0 Å². The molecule has 0 bridgehead atoms. The molecule has 1 aromatic rings. The molecule has 18 heavy (non-hydrogen) atoms. The molecule has 2 rings (SSSR count). The predicted molar refractivity (Wildman–Crippen MR) is 70.0 cm³/mol. The van der Waals surface area contributed by atoms with Crippen LogP contribution < -0.4 is 5.32 Å². The predicted octanol–water partition coefficient (Wildman–Crippen LogP) is 2.24. The van der Waals surface area contributed by atoms with Gasteiger partial charge in [-0.25, -0.2) is 4.79 Å². The number of ether oxygens (including phenoxy) is 2. The van der Waals surface area contributed by atoms with Crippen LogP contribution in [0.25, 0.3) is 0 Å². The number of methoxy groups -OCH3 is 1. The number of fused-ring (bicyclic) bond motifs is 1. The molecule has 0 amide bonds. The van der Waals surface area contributed by atoms with E-state index in [4.69, 9.17) is 9.47 Å². The van der Waals surface area contributed by atoms with Crippen LogP contribution in [0.5, 0.6) is 0 Å². The van der Waals surface area contributed by atoms with Crippen molar-refractivity contribution in [1.29, 1.82) is 0 Å². The van der Waals surface area contributed by atoms with Crippen LogP contribution in [0.2, 0.25) is 0 Å². The van der Waals surface area contributed by atoms with E-state index in [1.165, 1.54) is 0 Å². The van der Waals surface area contributed by atoms with Gasteiger partial charge in [-0.1, -0.05) is 6.07 Å². The molecule has 98 valence electrons. The molecule has 1 aliphatic heterocycles. The van der Waals surface area contributed by atoms with E-state index < -0.39 is 0 Å². The van der Waals surface area contributed by atoms with Crippen molar-refractivity contribution in [3.63, 3.8) is 0 Å². The second-order valence-corrected chi connectivity index (χ2v) is 4.53. The summed E-state index contributed by atoms with van der Waals surface area (Å²) in [5.41, 5.74) is 2.79. The van der Waals surface area contributed by atoms with Crippen molar-refractivity contribution in [1.82, 2.24) is 0 Å². The van der Waals surface area contributed by atoms with Crippen LogP contribution in [0.15, 0.2) is 18.2 Å². The molecule has 0 spiro atoms. The van der Waals surface area contributed by atoms with Gasteiger partial charge in [-0.05, 0) is 37.5 Å². The first-order valence-corrected chi connectivity index (χ1v) is 6.28. The number of hydrogen-bond donors (Lipinski definition) is 1. The zero-order chi connectivity index (χ0) is 13.0. The van der Waals surface area contributed by atoms with Crippen molar-refractivity contribution in [2.45, 2.75) is 25.9 Å². The van der Waals surface area contributed by atoms with Gasteiger partial charge in [-0.15, -0.1) is 0 Å². The molecule has 0 aromatic heterocycles. The van der Waals surface area contributed by atoms with Crippen molar-refractivity contribution in [3.05, 3.63) is 29.3 Å². The summed E-state index contributed by atoms with van der Waals surface area (Å²) in [6.07, 6.45) is 1.74. The van der Waals surface area contributed by atoms with E-state index in [0.717, 1.165) is 30.6 Å². The molecule has 0 aliphatic carbocycles. The summed E-state index contributed by atoms with van der Waals surface area (Å²) >= 11 is 0. The number of esters is 1. The third kappa shape index (κ3) is 2.82. The van der Waals surface area contributed by atoms with E-state index in [1.54, 1.807) is 7.11 Å². The quantitative estimate of drug-likeness (QED) is 0.831. The standard InChI is InChI=1S/C14H19NO3/c1-10(9-17-2)18-14(16)12-5-3-7-13-11(12)6-4-8-15-13/h3,5,7,10,15H,4,6,8-9H2,1-2H3. The van der Waals surface area contributed by atoms with Crippen LogP contribution >= 0.6 is 0 Å². The Balaban J connectivity index is 2.15. The Morgan fingerprint density at radius 1 is 1.50 bits per heavy atom. The third-order valence-electron chi connectivity index (χ3n) is 3.02. The maximum atomic E-state index is 12.1. The molecule has 1 unspecified atom stereocenters. The minimum Gasteiger partial charge on any atom is -0.457 e. The molecule has 4 heteroatoms. The second-order valence-electron chi connectivity index (χ2n) is 4.53. The van der Waals surface area contributed by atoms with Gasteiger partial charge >= 0.3 is 5.97 Å². The van der Waals surface area contributed by atoms with Gasteiger partial charge in [0, 0.05) is 19.3 Å². The molecule has 1 aromatic carbocycles. The minimum absolute atomic E-state index is 0.227. The Morgan fingerprint density at radius 3 is 3.11 bits per heavy atom. The Kier molecular flexibility index (Phi) is 4.20. The summed E-state index contributed by atoms with van der Waals surface area (Å²) in [6, 6.07) is 5.71. The Morgan fingerprint density at radius 2 is 2.33 bits per heavy atom. The maximum Gasteiger partial charge on any atom is 0.338 e. The molecule has 4 nitrogen and oxygen atoms in total. The van der Waals surface area contributed by atoms with Crippen LogP contribution in [-0.4, -0.2) is 32.3 Å². The molecular formula is C14H19NO3. The Labute approximate surface area is 107 Å². The van der Waals surface area contributed by atoms with Crippen LogP contribution in [0.1, 0.15) is 29.3 Å². The number of carbonyl (C=O) groups is 1. The summed E-state index contributed by atoms with van der Waals surface area (Å²) in [5, 5.41) is 3.30. The van der Waals surface area contributed by atoms with Gasteiger partial charge in [-0.3, -0.25) is 0 Å². The number of rotatable bonds is 4. The van der Waals surface area contributed by atoms with Crippen LogP contribution in [-0.2, 0) is 15.9 Å². The van der Waals surface area contributed by atoms with Gasteiger partial charge in [0.2, 0.25) is 0 Å². The SMILES string of the molecule is COCC(C)OC(=O)c1cccc2c1CCCN2. The summed E-state index contributed by atoms with van der Waals surface area (Å²) < 4.78 is 10.3. The van der Waals surface area contributed by atoms with E-state index >= 15 is 0 Å². The number of benzene rings is 1. The zero-order valence-electron chi connectivity index (χ0n) is 10.9. The number of nitrogens with one attached hydrogen (secondary N) is 1. The highest BCUT2D eigenvalue weighted by atomic mass is 16.6. The smallest absolute Gasteiger partial charge is 0.338 e. The van der Waals surface area contributed by atoms with Gasteiger partial charge < -0.3 is 14.8 Å². The molecule has 1 N–H and O–H groups in total. The lowest BCUT2D eigenvalue weighted by Gasteiger charge is -2.21. The van der Waals surface area contributed by atoms with E-state index in [1.807, 2.05) is 25.1 Å². The minimum atomic E-state index is -0.264. The Hall–Kier alpha value is -1.55. The highest BCUT2D eigenvalue weighted by Gasteiger charge is 2.19. The molecule has 1 heterocycles.